The zero-order chi connectivity index (χ0) is 9.26. The largest absolute Gasteiger partial charge is 0.496 e. The average molecular weight is 242 g/mol. The van der Waals surface area contributed by atoms with E-state index in [0.717, 1.165) is 29.7 Å². The van der Waals surface area contributed by atoms with E-state index in [0.29, 0.717) is 0 Å². The lowest BCUT2D eigenvalue weighted by atomic mass is 10.0. The Balaban J connectivity index is 2.50. The number of ether oxygens (including phenoxy) is 1. The Labute approximate surface area is 86.4 Å². The molecule has 0 saturated carbocycles. The Morgan fingerprint density at radius 2 is 2.31 bits per heavy atom. The predicted octanol–water partition coefficient (Wildman–Crippen LogP) is 2.10. The summed E-state index contributed by atoms with van der Waals surface area (Å²) < 4.78 is 6.43. The third-order valence-electron chi connectivity index (χ3n) is 2.36. The summed E-state index contributed by atoms with van der Waals surface area (Å²) in [5, 5.41) is 3.34. The van der Waals surface area contributed by atoms with Gasteiger partial charge in [-0.2, -0.15) is 0 Å². The minimum Gasteiger partial charge on any atom is -0.496 e. The van der Waals surface area contributed by atoms with E-state index >= 15 is 0 Å². The molecule has 1 aromatic carbocycles. The first kappa shape index (κ1) is 9.03. The van der Waals surface area contributed by atoms with Crippen LogP contribution in [-0.4, -0.2) is 13.7 Å². The molecular formula is C10H12BrNO. The molecule has 0 unspecified atom stereocenters. The van der Waals surface area contributed by atoms with Gasteiger partial charge in [0.1, 0.15) is 5.75 Å². The van der Waals surface area contributed by atoms with E-state index in [-0.39, 0.29) is 0 Å². The minimum atomic E-state index is 0.922. The minimum absolute atomic E-state index is 0.922. The van der Waals surface area contributed by atoms with Gasteiger partial charge in [0.25, 0.3) is 0 Å². The van der Waals surface area contributed by atoms with Crippen LogP contribution in [0.15, 0.2) is 16.6 Å². The van der Waals surface area contributed by atoms with Gasteiger partial charge in [-0.1, -0.05) is 15.9 Å². The molecular weight excluding hydrogens is 230 g/mol. The molecule has 0 aromatic heterocycles. The summed E-state index contributed by atoms with van der Waals surface area (Å²) in [6.07, 6.45) is 1.09. The van der Waals surface area contributed by atoms with Crippen LogP contribution in [0, 0.1) is 0 Å². The second kappa shape index (κ2) is 3.68. The number of hydrogen-bond acceptors (Lipinski definition) is 2. The number of halogens is 1. The highest BCUT2D eigenvalue weighted by atomic mass is 79.9. The van der Waals surface area contributed by atoms with Crippen LogP contribution in [0.2, 0.25) is 0 Å². The molecule has 2 nitrogen and oxygen atoms in total. The van der Waals surface area contributed by atoms with Crippen LogP contribution in [0.25, 0.3) is 0 Å². The monoisotopic (exact) mass is 241 g/mol. The van der Waals surface area contributed by atoms with Gasteiger partial charge < -0.3 is 10.1 Å². The van der Waals surface area contributed by atoms with E-state index in [4.69, 9.17) is 4.74 Å². The Kier molecular flexibility index (Phi) is 2.56. The number of rotatable bonds is 1. The highest BCUT2D eigenvalue weighted by Crippen LogP contribution is 2.29. The molecule has 0 fully saturated rings. The van der Waals surface area contributed by atoms with Crippen molar-refractivity contribution in [2.45, 2.75) is 13.0 Å². The van der Waals surface area contributed by atoms with Gasteiger partial charge in [-0.15, -0.1) is 0 Å². The number of nitrogens with one attached hydrogen (secondary N) is 1. The summed E-state index contributed by atoms with van der Waals surface area (Å²) in [5.41, 5.74) is 2.70. The maximum Gasteiger partial charge on any atom is 0.124 e. The van der Waals surface area contributed by atoms with Gasteiger partial charge in [-0.25, -0.2) is 0 Å². The van der Waals surface area contributed by atoms with Crippen molar-refractivity contribution in [2.24, 2.45) is 0 Å². The molecule has 1 aromatic rings. The van der Waals surface area contributed by atoms with E-state index in [2.05, 4.69) is 27.3 Å². The van der Waals surface area contributed by atoms with Crippen molar-refractivity contribution >= 4 is 15.9 Å². The SMILES string of the molecule is COc1cc(Br)cc2c1CNCC2. The fraction of sp³-hybridized carbons (Fsp3) is 0.400. The van der Waals surface area contributed by atoms with E-state index in [1.165, 1.54) is 11.1 Å². The molecule has 1 heterocycles. The smallest absolute Gasteiger partial charge is 0.124 e. The molecule has 2 rings (SSSR count). The van der Waals surface area contributed by atoms with E-state index in [9.17, 15) is 0 Å². The van der Waals surface area contributed by atoms with Gasteiger partial charge in [-0.3, -0.25) is 0 Å². The first-order valence-corrected chi connectivity index (χ1v) is 5.16. The van der Waals surface area contributed by atoms with E-state index in [1.807, 2.05) is 6.07 Å². The third-order valence-corrected chi connectivity index (χ3v) is 2.82. The van der Waals surface area contributed by atoms with Gasteiger partial charge in [-0.05, 0) is 30.7 Å². The van der Waals surface area contributed by atoms with Gasteiger partial charge in [0, 0.05) is 16.6 Å². The number of methoxy groups -OCH3 is 1. The van der Waals surface area contributed by atoms with Crippen LogP contribution in [0.4, 0.5) is 0 Å². The lowest BCUT2D eigenvalue weighted by molar-refractivity contribution is 0.404. The number of hydrogen-bond donors (Lipinski definition) is 1. The maximum atomic E-state index is 5.32. The number of fused-ring (bicyclic) bond motifs is 1. The van der Waals surface area contributed by atoms with E-state index in [1.54, 1.807) is 7.11 Å². The quantitative estimate of drug-likeness (QED) is 0.814. The molecule has 0 atom stereocenters. The highest BCUT2D eigenvalue weighted by molar-refractivity contribution is 9.10. The van der Waals surface area contributed by atoms with Crippen LogP contribution in [-0.2, 0) is 13.0 Å². The van der Waals surface area contributed by atoms with Crippen molar-refractivity contribution in [1.82, 2.24) is 5.32 Å². The first-order chi connectivity index (χ1) is 6.31. The molecule has 0 radical (unpaired) electrons. The van der Waals surface area contributed by atoms with Crippen molar-refractivity contribution in [3.8, 4) is 5.75 Å². The van der Waals surface area contributed by atoms with Gasteiger partial charge in [0.15, 0.2) is 0 Å². The molecule has 0 amide bonds. The fourth-order valence-corrected chi connectivity index (χ4v) is 2.19. The Morgan fingerprint density at radius 1 is 1.46 bits per heavy atom. The van der Waals surface area contributed by atoms with Crippen LogP contribution in [0.3, 0.4) is 0 Å². The van der Waals surface area contributed by atoms with Crippen molar-refractivity contribution in [3.05, 3.63) is 27.7 Å². The molecule has 0 spiro atoms. The average Bonchev–Trinajstić information content (AvgIpc) is 2.16. The van der Waals surface area contributed by atoms with Crippen molar-refractivity contribution < 1.29 is 4.74 Å². The Bertz CT molecular complexity index is 308. The summed E-state index contributed by atoms with van der Waals surface area (Å²) in [7, 11) is 1.72. The third kappa shape index (κ3) is 1.71. The predicted molar refractivity (Wildman–Crippen MR) is 56.1 cm³/mol. The second-order valence-corrected chi connectivity index (χ2v) is 4.09. The summed E-state index contributed by atoms with van der Waals surface area (Å²) in [4.78, 5) is 0. The van der Waals surface area contributed by atoms with Crippen LogP contribution in [0.5, 0.6) is 5.75 Å². The molecule has 1 N–H and O–H groups in total. The van der Waals surface area contributed by atoms with Crippen LogP contribution < -0.4 is 10.1 Å². The van der Waals surface area contributed by atoms with Gasteiger partial charge in [0.2, 0.25) is 0 Å². The van der Waals surface area contributed by atoms with Crippen LogP contribution >= 0.6 is 15.9 Å². The van der Waals surface area contributed by atoms with Crippen molar-refractivity contribution in [3.63, 3.8) is 0 Å². The zero-order valence-corrected chi connectivity index (χ0v) is 9.15. The Hall–Kier alpha value is -0.540. The molecule has 0 aliphatic carbocycles. The normalized spacial score (nSPS) is 15.2. The summed E-state index contributed by atoms with van der Waals surface area (Å²) in [5.74, 6) is 0.983. The molecule has 1 aliphatic heterocycles. The van der Waals surface area contributed by atoms with Crippen LogP contribution in [0.1, 0.15) is 11.1 Å². The van der Waals surface area contributed by atoms with Gasteiger partial charge >= 0.3 is 0 Å². The second-order valence-electron chi connectivity index (χ2n) is 3.17. The summed E-state index contributed by atoms with van der Waals surface area (Å²) in [6, 6.07) is 4.20. The summed E-state index contributed by atoms with van der Waals surface area (Å²) >= 11 is 3.48. The van der Waals surface area contributed by atoms with E-state index < -0.39 is 0 Å². The topological polar surface area (TPSA) is 21.3 Å². The first-order valence-electron chi connectivity index (χ1n) is 4.37. The Morgan fingerprint density at radius 3 is 3.08 bits per heavy atom. The lowest BCUT2D eigenvalue weighted by Gasteiger charge is -2.19. The highest BCUT2D eigenvalue weighted by Gasteiger charge is 2.13. The van der Waals surface area contributed by atoms with Gasteiger partial charge in [0.05, 0.1) is 7.11 Å². The maximum absolute atomic E-state index is 5.32. The van der Waals surface area contributed by atoms with Crippen molar-refractivity contribution in [1.29, 1.82) is 0 Å². The lowest BCUT2D eigenvalue weighted by Crippen LogP contribution is -2.24. The van der Waals surface area contributed by atoms with Crippen molar-refractivity contribution in [2.75, 3.05) is 13.7 Å². The molecule has 70 valence electrons. The molecule has 3 heteroatoms. The molecule has 1 aliphatic rings. The zero-order valence-electron chi connectivity index (χ0n) is 7.56. The standard InChI is InChI=1S/C10H12BrNO/c1-13-10-5-8(11)4-7-2-3-12-6-9(7)10/h4-5,12H,2-3,6H2,1H3. The summed E-state index contributed by atoms with van der Waals surface area (Å²) in [6.45, 7) is 1.98. The molecule has 13 heavy (non-hydrogen) atoms. The fourth-order valence-electron chi connectivity index (χ4n) is 1.71. The number of benzene rings is 1. The molecule has 0 saturated heterocycles. The molecule has 0 bridgehead atoms.